The van der Waals surface area contributed by atoms with Crippen molar-refractivity contribution in [1.29, 1.82) is 0 Å². The highest BCUT2D eigenvalue weighted by Gasteiger charge is 2.40. The number of piperidine rings is 2. The summed E-state index contributed by atoms with van der Waals surface area (Å²) in [5, 5.41) is 0. The summed E-state index contributed by atoms with van der Waals surface area (Å²) < 4.78 is 0. The van der Waals surface area contributed by atoms with Gasteiger partial charge in [0.15, 0.2) is 0 Å². The topological polar surface area (TPSA) is 32.5 Å². The molecule has 3 heteroatoms. The molecule has 0 aliphatic carbocycles. The summed E-state index contributed by atoms with van der Waals surface area (Å²) in [6.45, 7) is 7.48. The van der Waals surface area contributed by atoms with Crippen LogP contribution >= 0.6 is 0 Å². The number of hydrogen-bond acceptors (Lipinski definition) is 3. The number of fused-ring (bicyclic) bond motifs is 1. The first-order valence-electron chi connectivity index (χ1n) is 7.49. The minimum Gasteiger partial charge on any atom is -0.327 e. The molecule has 4 unspecified atom stereocenters. The van der Waals surface area contributed by atoms with Gasteiger partial charge in [-0.05, 0) is 44.7 Å². The van der Waals surface area contributed by atoms with E-state index in [-0.39, 0.29) is 0 Å². The molecule has 0 aromatic carbocycles. The molecule has 4 atom stereocenters. The second kappa shape index (κ2) is 4.87. The van der Waals surface area contributed by atoms with E-state index < -0.39 is 0 Å². The summed E-state index contributed by atoms with van der Waals surface area (Å²) in [4.78, 5) is 5.50. The third-order valence-electron chi connectivity index (χ3n) is 5.29. The molecule has 98 valence electrons. The zero-order valence-electron chi connectivity index (χ0n) is 11.1. The van der Waals surface area contributed by atoms with Crippen LogP contribution in [0.4, 0.5) is 0 Å². The van der Waals surface area contributed by atoms with Gasteiger partial charge >= 0.3 is 0 Å². The molecule has 3 nitrogen and oxygen atoms in total. The molecule has 0 saturated carbocycles. The average molecular weight is 237 g/mol. The van der Waals surface area contributed by atoms with Gasteiger partial charge in [-0.15, -0.1) is 0 Å². The van der Waals surface area contributed by atoms with Crippen LogP contribution in [-0.4, -0.2) is 54.1 Å². The van der Waals surface area contributed by atoms with Crippen LogP contribution in [0.5, 0.6) is 0 Å². The standard InChI is InChI=1S/C14H27N3/c1-11-10-17(8-5-12(11)15)14-6-9-16-7-3-2-4-13(14)16/h11-14H,2-10,15H2,1H3. The van der Waals surface area contributed by atoms with Crippen molar-refractivity contribution < 1.29 is 0 Å². The molecule has 0 radical (unpaired) electrons. The van der Waals surface area contributed by atoms with Crippen molar-refractivity contribution >= 4 is 0 Å². The van der Waals surface area contributed by atoms with Gasteiger partial charge in [-0.25, -0.2) is 0 Å². The maximum Gasteiger partial charge on any atom is 0.0263 e. The summed E-state index contributed by atoms with van der Waals surface area (Å²) in [6, 6.07) is 2.14. The number of nitrogens with two attached hydrogens (primary N) is 1. The molecule has 3 aliphatic rings. The molecular formula is C14H27N3. The first kappa shape index (κ1) is 11.9. The van der Waals surface area contributed by atoms with E-state index in [9.17, 15) is 0 Å². The van der Waals surface area contributed by atoms with E-state index in [0.29, 0.717) is 12.0 Å². The molecule has 0 aromatic heterocycles. The van der Waals surface area contributed by atoms with Gasteiger partial charge in [0.2, 0.25) is 0 Å². The summed E-state index contributed by atoms with van der Waals surface area (Å²) in [5.74, 6) is 0.682. The van der Waals surface area contributed by atoms with Gasteiger partial charge < -0.3 is 5.73 Å². The monoisotopic (exact) mass is 237 g/mol. The second-order valence-corrected chi connectivity index (χ2v) is 6.38. The van der Waals surface area contributed by atoms with Crippen LogP contribution < -0.4 is 5.73 Å². The smallest absolute Gasteiger partial charge is 0.0263 e. The molecule has 3 rings (SSSR count). The van der Waals surface area contributed by atoms with Crippen molar-refractivity contribution in [3.63, 3.8) is 0 Å². The minimum absolute atomic E-state index is 0.440. The number of likely N-dealkylation sites (tertiary alicyclic amines) is 1. The van der Waals surface area contributed by atoms with E-state index in [1.807, 2.05) is 0 Å². The van der Waals surface area contributed by atoms with E-state index in [1.165, 1.54) is 58.3 Å². The van der Waals surface area contributed by atoms with Crippen molar-refractivity contribution in [3.8, 4) is 0 Å². The lowest BCUT2D eigenvalue weighted by molar-refractivity contribution is 0.0747. The highest BCUT2D eigenvalue weighted by atomic mass is 15.3. The van der Waals surface area contributed by atoms with Gasteiger partial charge in [0.25, 0.3) is 0 Å². The van der Waals surface area contributed by atoms with Crippen molar-refractivity contribution in [3.05, 3.63) is 0 Å². The first-order chi connectivity index (χ1) is 8.25. The highest BCUT2D eigenvalue weighted by molar-refractivity contribution is 4.97. The Bertz CT molecular complexity index is 268. The van der Waals surface area contributed by atoms with Crippen LogP contribution in [0.25, 0.3) is 0 Å². The predicted octanol–water partition coefficient (Wildman–Crippen LogP) is 1.28. The molecule has 17 heavy (non-hydrogen) atoms. The fourth-order valence-electron chi connectivity index (χ4n) is 4.14. The third-order valence-corrected chi connectivity index (χ3v) is 5.29. The maximum absolute atomic E-state index is 6.13. The zero-order chi connectivity index (χ0) is 11.8. The molecule has 0 aromatic rings. The van der Waals surface area contributed by atoms with Crippen LogP contribution in [0.1, 0.15) is 39.0 Å². The van der Waals surface area contributed by atoms with E-state index in [0.717, 1.165) is 12.1 Å². The Labute approximate surface area is 105 Å². The molecule has 0 spiro atoms. The van der Waals surface area contributed by atoms with Crippen molar-refractivity contribution in [1.82, 2.24) is 9.80 Å². The van der Waals surface area contributed by atoms with E-state index in [1.54, 1.807) is 0 Å². The molecule has 3 saturated heterocycles. The number of nitrogens with zero attached hydrogens (tertiary/aromatic N) is 2. The van der Waals surface area contributed by atoms with Crippen LogP contribution in [0.3, 0.4) is 0 Å². The summed E-state index contributed by atoms with van der Waals surface area (Å²) in [6.07, 6.45) is 6.89. The molecule has 3 aliphatic heterocycles. The third kappa shape index (κ3) is 2.25. The van der Waals surface area contributed by atoms with Crippen molar-refractivity contribution in [2.75, 3.05) is 26.2 Å². The Kier molecular flexibility index (Phi) is 3.42. The molecule has 0 amide bonds. The lowest BCUT2D eigenvalue weighted by Crippen LogP contribution is -2.53. The molecule has 3 fully saturated rings. The van der Waals surface area contributed by atoms with E-state index >= 15 is 0 Å². The lowest BCUT2D eigenvalue weighted by Gasteiger charge is -2.42. The van der Waals surface area contributed by atoms with Crippen molar-refractivity contribution in [2.45, 2.75) is 57.2 Å². The largest absolute Gasteiger partial charge is 0.327 e. The van der Waals surface area contributed by atoms with Crippen LogP contribution in [0.2, 0.25) is 0 Å². The Morgan fingerprint density at radius 2 is 1.65 bits per heavy atom. The average Bonchev–Trinajstić information content (AvgIpc) is 2.76. The summed E-state index contributed by atoms with van der Waals surface area (Å²) in [7, 11) is 0. The van der Waals surface area contributed by atoms with Gasteiger partial charge in [0.1, 0.15) is 0 Å². The van der Waals surface area contributed by atoms with Crippen LogP contribution in [-0.2, 0) is 0 Å². The lowest BCUT2D eigenvalue weighted by atomic mass is 9.91. The SMILES string of the molecule is CC1CN(C2CCN3CCCCC23)CCC1N. The number of hydrogen-bond donors (Lipinski definition) is 1. The Hall–Kier alpha value is -0.120. The Morgan fingerprint density at radius 1 is 0.882 bits per heavy atom. The molecule has 0 bridgehead atoms. The van der Waals surface area contributed by atoms with Gasteiger partial charge in [-0.2, -0.15) is 0 Å². The first-order valence-corrected chi connectivity index (χ1v) is 7.49. The summed E-state index contributed by atoms with van der Waals surface area (Å²) in [5.41, 5.74) is 6.13. The normalized spacial score (nSPS) is 44.8. The number of rotatable bonds is 1. The quantitative estimate of drug-likeness (QED) is 0.746. The van der Waals surface area contributed by atoms with Crippen LogP contribution in [0, 0.1) is 5.92 Å². The van der Waals surface area contributed by atoms with E-state index in [4.69, 9.17) is 5.73 Å². The minimum atomic E-state index is 0.440. The van der Waals surface area contributed by atoms with Gasteiger partial charge in [0.05, 0.1) is 0 Å². The van der Waals surface area contributed by atoms with E-state index in [2.05, 4.69) is 16.7 Å². The van der Waals surface area contributed by atoms with Gasteiger partial charge in [-0.1, -0.05) is 13.3 Å². The fourth-order valence-corrected chi connectivity index (χ4v) is 4.14. The molecule has 2 N–H and O–H groups in total. The maximum atomic E-state index is 6.13. The van der Waals surface area contributed by atoms with Gasteiger partial charge in [-0.3, -0.25) is 9.80 Å². The van der Waals surface area contributed by atoms with Gasteiger partial charge in [0, 0.05) is 31.2 Å². The van der Waals surface area contributed by atoms with Crippen LogP contribution in [0.15, 0.2) is 0 Å². The van der Waals surface area contributed by atoms with Crippen molar-refractivity contribution in [2.24, 2.45) is 11.7 Å². The fraction of sp³-hybridized carbons (Fsp3) is 1.00. The molecule has 3 heterocycles. The zero-order valence-corrected chi connectivity index (χ0v) is 11.1. The highest BCUT2D eigenvalue weighted by Crippen LogP contribution is 2.32. The Morgan fingerprint density at radius 3 is 2.47 bits per heavy atom. The molecular weight excluding hydrogens is 210 g/mol. The Balaban J connectivity index is 1.64. The predicted molar refractivity (Wildman–Crippen MR) is 70.9 cm³/mol. The second-order valence-electron chi connectivity index (χ2n) is 6.38. The summed E-state index contributed by atoms with van der Waals surface area (Å²) >= 11 is 0.